The molecule has 0 bridgehead atoms. The standard InChI is InChI=1S/C20H24N4O3/c1-13(2)24-17-11-16(4-3-14(17)5-6-18(24)26)19-21-20(27-22-19)15-7-9-23(12-25)10-8-15/h3-4,11-13,15H,5-10H2,1-2H3. The molecule has 1 aromatic carbocycles. The van der Waals surface area contributed by atoms with E-state index >= 15 is 0 Å². The molecule has 27 heavy (non-hydrogen) atoms. The third-order valence-corrected chi connectivity index (χ3v) is 5.47. The van der Waals surface area contributed by atoms with E-state index in [0.29, 0.717) is 18.1 Å². The zero-order valence-electron chi connectivity index (χ0n) is 15.7. The van der Waals surface area contributed by atoms with Gasteiger partial charge in [-0.2, -0.15) is 4.98 Å². The molecule has 2 aliphatic heterocycles. The van der Waals surface area contributed by atoms with Crippen LogP contribution in [0.2, 0.25) is 0 Å². The van der Waals surface area contributed by atoms with Gasteiger partial charge in [-0.25, -0.2) is 0 Å². The molecule has 0 saturated carbocycles. The van der Waals surface area contributed by atoms with Crippen LogP contribution in [-0.2, 0) is 16.0 Å². The minimum absolute atomic E-state index is 0.107. The van der Waals surface area contributed by atoms with Crippen LogP contribution >= 0.6 is 0 Å². The Kier molecular flexibility index (Phi) is 4.68. The van der Waals surface area contributed by atoms with Gasteiger partial charge in [0.1, 0.15) is 0 Å². The molecule has 1 aromatic heterocycles. The summed E-state index contributed by atoms with van der Waals surface area (Å²) in [6.07, 6.45) is 3.88. The molecule has 0 radical (unpaired) electrons. The Morgan fingerprint density at radius 3 is 2.70 bits per heavy atom. The van der Waals surface area contributed by atoms with Crippen molar-refractivity contribution >= 4 is 18.0 Å². The average Bonchev–Trinajstić information content (AvgIpc) is 3.17. The van der Waals surface area contributed by atoms with Crippen molar-refractivity contribution in [1.29, 1.82) is 0 Å². The topological polar surface area (TPSA) is 79.5 Å². The van der Waals surface area contributed by atoms with Crippen molar-refractivity contribution < 1.29 is 14.1 Å². The number of carbonyl (C=O) groups is 2. The first-order valence-electron chi connectivity index (χ1n) is 9.55. The van der Waals surface area contributed by atoms with Crippen LogP contribution in [0.5, 0.6) is 0 Å². The molecular formula is C20H24N4O3. The van der Waals surface area contributed by atoms with E-state index in [0.717, 1.165) is 50.0 Å². The van der Waals surface area contributed by atoms with Gasteiger partial charge in [0.2, 0.25) is 24.0 Å². The lowest BCUT2D eigenvalue weighted by Crippen LogP contribution is -2.40. The Hall–Kier alpha value is -2.70. The molecule has 2 aliphatic rings. The molecular weight excluding hydrogens is 344 g/mol. The second-order valence-electron chi connectivity index (χ2n) is 7.57. The van der Waals surface area contributed by atoms with Crippen LogP contribution in [0.3, 0.4) is 0 Å². The average molecular weight is 368 g/mol. The van der Waals surface area contributed by atoms with Crippen LogP contribution in [0.25, 0.3) is 11.4 Å². The Morgan fingerprint density at radius 1 is 1.22 bits per heavy atom. The van der Waals surface area contributed by atoms with E-state index in [4.69, 9.17) is 4.52 Å². The van der Waals surface area contributed by atoms with Gasteiger partial charge in [0.25, 0.3) is 0 Å². The number of benzene rings is 1. The summed E-state index contributed by atoms with van der Waals surface area (Å²) in [7, 11) is 0. The molecule has 2 aromatic rings. The summed E-state index contributed by atoms with van der Waals surface area (Å²) in [5.41, 5.74) is 2.98. The molecule has 3 heterocycles. The number of aryl methyl sites for hydroxylation is 1. The lowest BCUT2D eigenvalue weighted by Gasteiger charge is -2.33. The van der Waals surface area contributed by atoms with Crippen molar-refractivity contribution in [2.75, 3.05) is 18.0 Å². The number of hydrogen-bond acceptors (Lipinski definition) is 5. The molecule has 4 rings (SSSR count). The molecule has 1 saturated heterocycles. The number of fused-ring (bicyclic) bond motifs is 1. The molecule has 0 spiro atoms. The minimum Gasteiger partial charge on any atom is -0.345 e. The SMILES string of the molecule is CC(C)N1C(=O)CCc2ccc(-c3noc(C4CCN(C=O)CC4)n3)cc21. The van der Waals surface area contributed by atoms with Gasteiger partial charge in [0, 0.05) is 42.7 Å². The predicted octanol–water partition coefficient (Wildman–Crippen LogP) is 2.76. The van der Waals surface area contributed by atoms with Gasteiger partial charge in [-0.1, -0.05) is 17.3 Å². The zero-order chi connectivity index (χ0) is 19.0. The summed E-state index contributed by atoms with van der Waals surface area (Å²) in [5.74, 6) is 1.52. The maximum atomic E-state index is 12.4. The number of amides is 2. The predicted molar refractivity (Wildman–Crippen MR) is 100 cm³/mol. The normalized spacial score (nSPS) is 18.1. The monoisotopic (exact) mass is 368 g/mol. The molecule has 1 fully saturated rings. The lowest BCUT2D eigenvalue weighted by atomic mass is 9.97. The van der Waals surface area contributed by atoms with E-state index in [1.165, 1.54) is 5.56 Å². The molecule has 7 heteroatoms. The van der Waals surface area contributed by atoms with Crippen molar-refractivity contribution in [2.45, 2.75) is 51.5 Å². The fourth-order valence-corrected chi connectivity index (χ4v) is 3.97. The molecule has 0 aliphatic carbocycles. The van der Waals surface area contributed by atoms with Crippen molar-refractivity contribution in [3.05, 3.63) is 29.7 Å². The molecule has 0 unspecified atom stereocenters. The first kappa shape index (κ1) is 17.7. The smallest absolute Gasteiger partial charge is 0.230 e. The number of nitrogens with zero attached hydrogens (tertiary/aromatic N) is 4. The van der Waals surface area contributed by atoms with Crippen molar-refractivity contribution in [3.8, 4) is 11.4 Å². The van der Waals surface area contributed by atoms with Crippen molar-refractivity contribution in [2.24, 2.45) is 0 Å². The highest BCUT2D eigenvalue weighted by Gasteiger charge is 2.28. The van der Waals surface area contributed by atoms with E-state index in [9.17, 15) is 9.59 Å². The quantitative estimate of drug-likeness (QED) is 0.775. The van der Waals surface area contributed by atoms with Gasteiger partial charge in [-0.3, -0.25) is 9.59 Å². The third-order valence-electron chi connectivity index (χ3n) is 5.47. The molecule has 0 atom stereocenters. The number of rotatable bonds is 4. The summed E-state index contributed by atoms with van der Waals surface area (Å²) < 4.78 is 5.52. The number of carbonyl (C=O) groups excluding carboxylic acids is 2. The van der Waals surface area contributed by atoms with Gasteiger partial charge >= 0.3 is 0 Å². The maximum Gasteiger partial charge on any atom is 0.230 e. The fraction of sp³-hybridized carbons (Fsp3) is 0.500. The second-order valence-corrected chi connectivity index (χ2v) is 7.57. The zero-order valence-corrected chi connectivity index (χ0v) is 15.7. The molecule has 7 nitrogen and oxygen atoms in total. The van der Waals surface area contributed by atoms with Crippen LogP contribution in [0.4, 0.5) is 5.69 Å². The van der Waals surface area contributed by atoms with Crippen LogP contribution in [-0.4, -0.2) is 46.5 Å². The Labute approximate surface area is 158 Å². The Bertz CT molecular complexity index is 853. The number of hydrogen-bond donors (Lipinski definition) is 0. The van der Waals surface area contributed by atoms with Crippen LogP contribution < -0.4 is 4.90 Å². The van der Waals surface area contributed by atoms with Gasteiger partial charge < -0.3 is 14.3 Å². The summed E-state index contributed by atoms with van der Waals surface area (Å²) in [5, 5.41) is 4.17. The van der Waals surface area contributed by atoms with E-state index in [2.05, 4.69) is 16.2 Å². The summed E-state index contributed by atoms with van der Waals surface area (Å²) >= 11 is 0. The Balaban J connectivity index is 1.59. The lowest BCUT2D eigenvalue weighted by molar-refractivity contribution is -0.120. The van der Waals surface area contributed by atoms with Crippen LogP contribution in [0, 0.1) is 0 Å². The van der Waals surface area contributed by atoms with E-state index < -0.39 is 0 Å². The highest BCUT2D eigenvalue weighted by molar-refractivity contribution is 5.97. The van der Waals surface area contributed by atoms with Crippen molar-refractivity contribution in [1.82, 2.24) is 15.0 Å². The maximum absolute atomic E-state index is 12.4. The fourth-order valence-electron chi connectivity index (χ4n) is 3.97. The largest absolute Gasteiger partial charge is 0.345 e. The van der Waals surface area contributed by atoms with Gasteiger partial charge in [0.15, 0.2) is 0 Å². The van der Waals surface area contributed by atoms with Crippen LogP contribution in [0.1, 0.15) is 50.5 Å². The summed E-state index contributed by atoms with van der Waals surface area (Å²) in [6, 6.07) is 6.16. The van der Waals surface area contributed by atoms with E-state index in [1.54, 1.807) is 4.90 Å². The van der Waals surface area contributed by atoms with Crippen LogP contribution in [0.15, 0.2) is 22.7 Å². The highest BCUT2D eigenvalue weighted by atomic mass is 16.5. The molecule has 2 amide bonds. The third kappa shape index (κ3) is 3.34. The second kappa shape index (κ2) is 7.13. The first-order chi connectivity index (χ1) is 13.1. The van der Waals surface area contributed by atoms with Gasteiger partial charge in [0.05, 0.1) is 0 Å². The van der Waals surface area contributed by atoms with Gasteiger partial charge in [-0.05, 0) is 44.7 Å². The number of likely N-dealkylation sites (tertiary alicyclic amines) is 1. The molecule has 0 N–H and O–H groups in total. The number of aromatic nitrogens is 2. The minimum atomic E-state index is 0.107. The number of anilines is 1. The van der Waals surface area contributed by atoms with E-state index in [-0.39, 0.29) is 17.9 Å². The van der Waals surface area contributed by atoms with Gasteiger partial charge in [-0.15, -0.1) is 0 Å². The first-order valence-corrected chi connectivity index (χ1v) is 9.55. The summed E-state index contributed by atoms with van der Waals surface area (Å²) in [4.78, 5) is 31.4. The highest BCUT2D eigenvalue weighted by Crippen LogP contribution is 2.34. The van der Waals surface area contributed by atoms with E-state index in [1.807, 2.05) is 30.9 Å². The Morgan fingerprint density at radius 2 is 2.00 bits per heavy atom. The molecule has 142 valence electrons. The van der Waals surface area contributed by atoms with Crippen molar-refractivity contribution in [3.63, 3.8) is 0 Å². The number of piperidine rings is 1. The summed E-state index contributed by atoms with van der Waals surface area (Å²) in [6.45, 7) is 5.49.